The average molecular weight is 270 g/mol. The predicted molar refractivity (Wildman–Crippen MR) is 81.3 cm³/mol. The second kappa shape index (κ2) is 4.97. The topological polar surface area (TPSA) is 52.0 Å². The first-order chi connectivity index (χ1) is 9.53. The molecule has 106 valence electrons. The van der Waals surface area contributed by atoms with Crippen molar-refractivity contribution in [3.8, 4) is 11.3 Å². The zero-order valence-electron chi connectivity index (χ0n) is 12.2. The molecule has 0 saturated heterocycles. The highest BCUT2D eigenvalue weighted by molar-refractivity contribution is 5.60. The summed E-state index contributed by atoms with van der Waals surface area (Å²) in [6, 6.07) is 10.4. The highest BCUT2D eigenvalue weighted by atomic mass is 16.5. The lowest BCUT2D eigenvalue weighted by atomic mass is 9.71. The lowest BCUT2D eigenvalue weighted by molar-refractivity contribution is 0.224. The second-order valence-corrected chi connectivity index (χ2v) is 6.68. The van der Waals surface area contributed by atoms with Crippen LogP contribution in [-0.4, -0.2) is 5.16 Å². The highest BCUT2D eigenvalue weighted by Gasteiger charge is 2.27. The van der Waals surface area contributed by atoms with E-state index in [2.05, 4.69) is 43.3 Å². The molecule has 1 saturated carbocycles. The molecule has 2 aromatic rings. The van der Waals surface area contributed by atoms with Crippen molar-refractivity contribution >= 4 is 5.82 Å². The van der Waals surface area contributed by atoms with Gasteiger partial charge in [0, 0.05) is 11.6 Å². The molecule has 0 atom stereocenters. The molecule has 1 aromatic carbocycles. The summed E-state index contributed by atoms with van der Waals surface area (Å²) >= 11 is 0. The lowest BCUT2D eigenvalue weighted by Crippen LogP contribution is -2.20. The van der Waals surface area contributed by atoms with Crippen molar-refractivity contribution in [2.75, 3.05) is 5.73 Å². The van der Waals surface area contributed by atoms with E-state index in [9.17, 15) is 0 Å². The quantitative estimate of drug-likeness (QED) is 0.867. The highest BCUT2D eigenvalue weighted by Crippen LogP contribution is 2.42. The number of aromatic nitrogens is 1. The van der Waals surface area contributed by atoms with Gasteiger partial charge in [-0.25, -0.2) is 0 Å². The van der Waals surface area contributed by atoms with Gasteiger partial charge in [-0.1, -0.05) is 43.3 Å². The maximum atomic E-state index is 5.58. The van der Waals surface area contributed by atoms with Crippen LogP contribution in [0, 0.1) is 5.41 Å². The van der Waals surface area contributed by atoms with E-state index in [0.29, 0.717) is 17.2 Å². The molecule has 1 aromatic heterocycles. The van der Waals surface area contributed by atoms with Crippen molar-refractivity contribution in [2.24, 2.45) is 5.41 Å². The van der Waals surface area contributed by atoms with Crippen LogP contribution in [0.4, 0.5) is 5.82 Å². The molecule has 2 N–H and O–H groups in total. The fourth-order valence-electron chi connectivity index (χ4n) is 3.08. The standard InChI is InChI=1S/C17H22N2O/c1-17(2)9-7-13(8-10-17)12-3-5-14(6-4-12)15-11-16(18)19-20-15/h3-6,11,13H,7-10H2,1-2H3,(H2,18,19). The lowest BCUT2D eigenvalue weighted by Gasteiger charge is -2.34. The smallest absolute Gasteiger partial charge is 0.169 e. The van der Waals surface area contributed by atoms with Gasteiger partial charge in [0.15, 0.2) is 11.6 Å². The van der Waals surface area contributed by atoms with Crippen molar-refractivity contribution < 1.29 is 4.52 Å². The molecule has 3 heteroatoms. The Morgan fingerprint density at radius 1 is 1.15 bits per heavy atom. The summed E-state index contributed by atoms with van der Waals surface area (Å²) < 4.78 is 5.19. The molecule has 1 fully saturated rings. The van der Waals surface area contributed by atoms with Gasteiger partial charge < -0.3 is 10.3 Å². The van der Waals surface area contributed by atoms with E-state index in [1.165, 1.54) is 31.2 Å². The Morgan fingerprint density at radius 3 is 2.35 bits per heavy atom. The largest absolute Gasteiger partial charge is 0.381 e. The summed E-state index contributed by atoms with van der Waals surface area (Å²) in [5, 5.41) is 3.72. The number of nitrogens with two attached hydrogens (primary N) is 1. The molecule has 20 heavy (non-hydrogen) atoms. The first kappa shape index (κ1) is 13.2. The fourth-order valence-corrected chi connectivity index (χ4v) is 3.08. The van der Waals surface area contributed by atoms with Crippen LogP contribution in [0.15, 0.2) is 34.9 Å². The van der Waals surface area contributed by atoms with Crippen LogP contribution in [0.25, 0.3) is 11.3 Å². The molecule has 0 spiro atoms. The van der Waals surface area contributed by atoms with Gasteiger partial charge in [-0.3, -0.25) is 0 Å². The van der Waals surface area contributed by atoms with Gasteiger partial charge in [-0.05, 0) is 42.6 Å². The van der Waals surface area contributed by atoms with E-state index in [1.54, 1.807) is 6.07 Å². The third-order valence-corrected chi connectivity index (χ3v) is 4.53. The molecular weight excluding hydrogens is 248 g/mol. The first-order valence-corrected chi connectivity index (χ1v) is 7.36. The maximum Gasteiger partial charge on any atom is 0.169 e. The Hall–Kier alpha value is -1.77. The third kappa shape index (κ3) is 2.72. The number of hydrogen-bond acceptors (Lipinski definition) is 3. The van der Waals surface area contributed by atoms with E-state index in [-0.39, 0.29) is 0 Å². The number of anilines is 1. The third-order valence-electron chi connectivity index (χ3n) is 4.53. The van der Waals surface area contributed by atoms with Crippen LogP contribution in [-0.2, 0) is 0 Å². The maximum absolute atomic E-state index is 5.58. The summed E-state index contributed by atoms with van der Waals surface area (Å²) in [6.07, 6.45) is 5.22. The second-order valence-electron chi connectivity index (χ2n) is 6.68. The van der Waals surface area contributed by atoms with Gasteiger partial charge in [0.05, 0.1) is 0 Å². The molecule has 0 aliphatic heterocycles. The van der Waals surface area contributed by atoms with Gasteiger partial charge in [0.2, 0.25) is 0 Å². The molecule has 3 nitrogen and oxygen atoms in total. The summed E-state index contributed by atoms with van der Waals surface area (Å²) in [4.78, 5) is 0. The van der Waals surface area contributed by atoms with E-state index in [0.717, 1.165) is 11.3 Å². The minimum absolute atomic E-state index is 0.429. The molecule has 1 aliphatic carbocycles. The molecule has 1 aliphatic rings. The van der Waals surface area contributed by atoms with E-state index in [1.807, 2.05) is 0 Å². The van der Waals surface area contributed by atoms with Crippen LogP contribution in [0.5, 0.6) is 0 Å². The van der Waals surface area contributed by atoms with Crippen LogP contribution in [0.2, 0.25) is 0 Å². The Kier molecular flexibility index (Phi) is 3.28. The van der Waals surface area contributed by atoms with E-state index in [4.69, 9.17) is 10.3 Å². The Bertz CT molecular complexity index is 573. The predicted octanol–water partition coefficient (Wildman–Crippen LogP) is 4.61. The van der Waals surface area contributed by atoms with Gasteiger partial charge in [0.25, 0.3) is 0 Å². The first-order valence-electron chi connectivity index (χ1n) is 7.36. The molecule has 1 heterocycles. The zero-order valence-corrected chi connectivity index (χ0v) is 12.2. The van der Waals surface area contributed by atoms with Crippen molar-refractivity contribution in [1.82, 2.24) is 5.16 Å². The average Bonchev–Trinajstić information content (AvgIpc) is 2.86. The Morgan fingerprint density at radius 2 is 1.80 bits per heavy atom. The van der Waals surface area contributed by atoms with Gasteiger partial charge in [-0.15, -0.1) is 0 Å². The van der Waals surface area contributed by atoms with E-state index >= 15 is 0 Å². The number of nitrogen functional groups attached to an aromatic ring is 1. The Labute approximate surface area is 120 Å². The van der Waals surface area contributed by atoms with E-state index < -0.39 is 0 Å². The number of hydrogen-bond donors (Lipinski definition) is 1. The Balaban J connectivity index is 1.74. The molecule has 0 bridgehead atoms. The summed E-state index contributed by atoms with van der Waals surface area (Å²) in [6.45, 7) is 4.75. The minimum atomic E-state index is 0.429. The SMILES string of the molecule is CC1(C)CCC(c2ccc(-c3cc(N)no3)cc2)CC1. The zero-order chi connectivity index (χ0) is 14.2. The number of rotatable bonds is 2. The van der Waals surface area contributed by atoms with Gasteiger partial charge in [-0.2, -0.15) is 0 Å². The molecule has 0 amide bonds. The number of benzene rings is 1. The summed E-state index contributed by atoms with van der Waals surface area (Å²) in [5.74, 6) is 1.87. The molecule has 0 unspecified atom stereocenters. The monoisotopic (exact) mass is 270 g/mol. The fraction of sp³-hybridized carbons (Fsp3) is 0.471. The van der Waals surface area contributed by atoms with Gasteiger partial charge >= 0.3 is 0 Å². The van der Waals surface area contributed by atoms with Crippen molar-refractivity contribution in [2.45, 2.75) is 45.4 Å². The van der Waals surface area contributed by atoms with Crippen molar-refractivity contribution in [3.05, 3.63) is 35.9 Å². The van der Waals surface area contributed by atoms with Crippen LogP contribution in [0.1, 0.15) is 51.0 Å². The van der Waals surface area contributed by atoms with Crippen LogP contribution >= 0.6 is 0 Å². The molecule has 3 rings (SSSR count). The van der Waals surface area contributed by atoms with Crippen molar-refractivity contribution in [1.29, 1.82) is 0 Å². The summed E-state index contributed by atoms with van der Waals surface area (Å²) in [5.41, 5.74) is 8.58. The van der Waals surface area contributed by atoms with Crippen LogP contribution < -0.4 is 5.73 Å². The summed E-state index contributed by atoms with van der Waals surface area (Å²) in [7, 11) is 0. The van der Waals surface area contributed by atoms with Gasteiger partial charge in [0.1, 0.15) is 0 Å². The molecule has 0 radical (unpaired) electrons. The minimum Gasteiger partial charge on any atom is -0.381 e. The normalized spacial score (nSPS) is 19.1. The van der Waals surface area contributed by atoms with Crippen molar-refractivity contribution in [3.63, 3.8) is 0 Å². The molecular formula is C17H22N2O. The number of nitrogens with zero attached hydrogens (tertiary/aromatic N) is 1. The van der Waals surface area contributed by atoms with Crippen LogP contribution in [0.3, 0.4) is 0 Å².